The van der Waals surface area contributed by atoms with Gasteiger partial charge >= 0.3 is 0 Å². The molecule has 122 valence electrons. The molecule has 1 aromatic heterocycles. The maximum Gasteiger partial charge on any atom is 0.154 e. The van der Waals surface area contributed by atoms with E-state index in [0.717, 1.165) is 33.7 Å². The van der Waals surface area contributed by atoms with Crippen LogP contribution in [0.25, 0.3) is 32.9 Å². The van der Waals surface area contributed by atoms with E-state index in [-0.39, 0.29) is 0 Å². The minimum absolute atomic E-state index is 0.865. The number of benzene rings is 3. The molecule has 0 atom stereocenters. The largest absolute Gasteiger partial charge is 0.454 e. The standard InChI is InChI=1S/C22H19NOSi/c1-25(2,3)20-12-6-10-17-16(20)13-19-22(23-17)15-9-4-7-14-8-5-11-18(24-19)21(14)15/h4-13H,1-3H3. The Balaban J connectivity index is 1.87. The number of rotatable bonds is 1. The molecule has 1 aliphatic rings. The first-order valence-electron chi connectivity index (χ1n) is 8.66. The van der Waals surface area contributed by atoms with Crippen LogP contribution in [0.15, 0.2) is 60.7 Å². The lowest BCUT2D eigenvalue weighted by Gasteiger charge is -2.23. The van der Waals surface area contributed by atoms with Gasteiger partial charge in [-0.2, -0.15) is 0 Å². The van der Waals surface area contributed by atoms with Crippen LogP contribution in [0.2, 0.25) is 19.6 Å². The minimum Gasteiger partial charge on any atom is -0.454 e. The quantitative estimate of drug-likeness (QED) is 0.365. The van der Waals surface area contributed by atoms with Crippen LogP contribution in [0.1, 0.15) is 0 Å². The van der Waals surface area contributed by atoms with E-state index in [1.165, 1.54) is 16.0 Å². The molecule has 3 heteroatoms. The summed E-state index contributed by atoms with van der Waals surface area (Å²) in [5.41, 5.74) is 3.16. The molecule has 0 spiro atoms. The van der Waals surface area contributed by atoms with Crippen molar-refractivity contribution in [2.75, 3.05) is 0 Å². The van der Waals surface area contributed by atoms with Crippen molar-refractivity contribution >= 4 is 34.9 Å². The minimum atomic E-state index is -1.46. The van der Waals surface area contributed by atoms with E-state index >= 15 is 0 Å². The zero-order chi connectivity index (χ0) is 17.2. The van der Waals surface area contributed by atoms with Gasteiger partial charge in [0.15, 0.2) is 5.75 Å². The Kier molecular flexibility index (Phi) is 2.89. The second-order valence-electron chi connectivity index (χ2n) is 7.72. The summed E-state index contributed by atoms with van der Waals surface area (Å²) in [4.78, 5) is 5.01. The van der Waals surface area contributed by atoms with Crippen LogP contribution in [0.3, 0.4) is 0 Å². The topological polar surface area (TPSA) is 22.1 Å². The molecule has 3 aromatic carbocycles. The maximum atomic E-state index is 6.28. The van der Waals surface area contributed by atoms with Gasteiger partial charge in [-0.25, -0.2) is 4.98 Å². The molecular formula is C22H19NOSi. The number of pyridine rings is 1. The number of fused-ring (bicyclic) bond motifs is 3. The molecule has 0 fully saturated rings. The fraction of sp³-hybridized carbons (Fsp3) is 0.136. The third-order valence-electron chi connectivity index (χ3n) is 4.97. The molecule has 0 aliphatic carbocycles. The molecule has 0 amide bonds. The number of aromatic nitrogens is 1. The average molecular weight is 341 g/mol. The molecule has 2 heterocycles. The monoisotopic (exact) mass is 341 g/mol. The lowest BCUT2D eigenvalue weighted by Crippen LogP contribution is -2.38. The molecule has 0 N–H and O–H groups in total. The van der Waals surface area contributed by atoms with Crippen molar-refractivity contribution in [2.45, 2.75) is 19.6 Å². The van der Waals surface area contributed by atoms with Crippen molar-refractivity contribution in [1.82, 2.24) is 4.98 Å². The third kappa shape index (κ3) is 2.12. The summed E-state index contributed by atoms with van der Waals surface area (Å²) in [5.74, 6) is 1.79. The second-order valence-corrected chi connectivity index (χ2v) is 12.8. The first-order chi connectivity index (χ1) is 12.0. The Morgan fingerprint density at radius 2 is 1.60 bits per heavy atom. The molecule has 4 aromatic rings. The Morgan fingerprint density at radius 3 is 2.40 bits per heavy atom. The van der Waals surface area contributed by atoms with Gasteiger partial charge in [0.05, 0.1) is 13.6 Å². The Bertz CT molecular complexity index is 1150. The van der Waals surface area contributed by atoms with Gasteiger partial charge in [0.25, 0.3) is 0 Å². The summed E-state index contributed by atoms with van der Waals surface area (Å²) in [6.07, 6.45) is 0. The highest BCUT2D eigenvalue weighted by Crippen LogP contribution is 2.46. The normalized spacial score (nSPS) is 12.9. The lowest BCUT2D eigenvalue weighted by molar-refractivity contribution is 0.486. The maximum absolute atomic E-state index is 6.28. The Morgan fingerprint density at radius 1 is 0.840 bits per heavy atom. The van der Waals surface area contributed by atoms with Crippen molar-refractivity contribution in [3.8, 4) is 22.8 Å². The highest BCUT2D eigenvalue weighted by Gasteiger charge is 2.24. The molecular weight excluding hydrogens is 322 g/mol. The highest BCUT2D eigenvalue weighted by molar-refractivity contribution is 6.90. The summed E-state index contributed by atoms with van der Waals surface area (Å²) < 4.78 is 6.28. The fourth-order valence-electron chi connectivity index (χ4n) is 3.81. The van der Waals surface area contributed by atoms with Gasteiger partial charge in [-0.15, -0.1) is 0 Å². The molecule has 0 saturated carbocycles. The average Bonchev–Trinajstić information content (AvgIpc) is 2.59. The van der Waals surface area contributed by atoms with Crippen molar-refractivity contribution in [3.63, 3.8) is 0 Å². The van der Waals surface area contributed by atoms with Crippen LogP contribution < -0.4 is 9.92 Å². The third-order valence-corrected chi connectivity index (χ3v) is 7.03. The van der Waals surface area contributed by atoms with Gasteiger partial charge in [0, 0.05) is 16.3 Å². The molecule has 0 saturated heterocycles. The molecule has 25 heavy (non-hydrogen) atoms. The predicted octanol–water partition coefficient (Wildman–Crippen LogP) is 5.71. The number of hydrogen-bond donors (Lipinski definition) is 0. The van der Waals surface area contributed by atoms with E-state index in [2.05, 4.69) is 74.2 Å². The predicted molar refractivity (Wildman–Crippen MR) is 108 cm³/mol. The SMILES string of the molecule is C[Si](C)(C)c1cccc2nc3c(cc12)Oc1cccc2cccc-3c12. The fourth-order valence-corrected chi connectivity index (χ4v) is 5.41. The molecule has 0 radical (unpaired) electrons. The number of hydrogen-bond acceptors (Lipinski definition) is 2. The van der Waals surface area contributed by atoms with E-state index < -0.39 is 8.07 Å². The molecule has 0 bridgehead atoms. The van der Waals surface area contributed by atoms with Gasteiger partial charge in [0.2, 0.25) is 0 Å². The summed E-state index contributed by atoms with van der Waals surface area (Å²) in [5, 5.41) is 5.01. The molecule has 5 rings (SSSR count). The smallest absolute Gasteiger partial charge is 0.154 e. The van der Waals surface area contributed by atoms with E-state index in [1.54, 1.807) is 0 Å². The summed E-state index contributed by atoms with van der Waals surface area (Å²) in [6.45, 7) is 7.12. The van der Waals surface area contributed by atoms with Crippen molar-refractivity contribution < 1.29 is 4.74 Å². The second kappa shape index (κ2) is 4.93. The Labute approximate surface area is 148 Å². The van der Waals surface area contributed by atoms with Gasteiger partial charge in [0.1, 0.15) is 11.4 Å². The van der Waals surface area contributed by atoms with Crippen molar-refractivity contribution in [1.29, 1.82) is 0 Å². The van der Waals surface area contributed by atoms with Crippen LogP contribution >= 0.6 is 0 Å². The van der Waals surface area contributed by atoms with Gasteiger partial charge < -0.3 is 4.74 Å². The van der Waals surface area contributed by atoms with Crippen LogP contribution in [-0.2, 0) is 0 Å². The van der Waals surface area contributed by atoms with Crippen LogP contribution in [0, 0.1) is 0 Å². The van der Waals surface area contributed by atoms with Crippen LogP contribution in [-0.4, -0.2) is 13.1 Å². The molecule has 2 nitrogen and oxygen atoms in total. The van der Waals surface area contributed by atoms with Gasteiger partial charge in [-0.05, 0) is 23.6 Å². The summed E-state index contributed by atoms with van der Waals surface area (Å²) >= 11 is 0. The Hall–Kier alpha value is -2.65. The zero-order valence-corrected chi connectivity index (χ0v) is 15.6. The van der Waals surface area contributed by atoms with Crippen LogP contribution in [0.5, 0.6) is 11.5 Å². The van der Waals surface area contributed by atoms with E-state index in [9.17, 15) is 0 Å². The van der Waals surface area contributed by atoms with Crippen molar-refractivity contribution in [3.05, 3.63) is 60.7 Å². The first kappa shape index (κ1) is 14.7. The number of nitrogens with zero attached hydrogens (tertiary/aromatic N) is 1. The van der Waals surface area contributed by atoms with Crippen molar-refractivity contribution in [2.24, 2.45) is 0 Å². The summed E-state index contributed by atoms with van der Waals surface area (Å²) in [6, 6.07) is 21.3. The summed E-state index contributed by atoms with van der Waals surface area (Å²) in [7, 11) is -1.46. The molecule has 1 aliphatic heterocycles. The van der Waals surface area contributed by atoms with Gasteiger partial charge in [-0.3, -0.25) is 0 Å². The van der Waals surface area contributed by atoms with Gasteiger partial charge in [-0.1, -0.05) is 67.3 Å². The molecule has 0 unspecified atom stereocenters. The van der Waals surface area contributed by atoms with Crippen LogP contribution in [0.4, 0.5) is 0 Å². The first-order valence-corrected chi connectivity index (χ1v) is 12.2. The lowest BCUT2D eigenvalue weighted by atomic mass is 9.97. The number of ether oxygens (including phenoxy) is 1. The highest BCUT2D eigenvalue weighted by atomic mass is 28.3. The van der Waals surface area contributed by atoms with E-state index in [0.29, 0.717) is 0 Å². The van der Waals surface area contributed by atoms with E-state index in [1.807, 2.05) is 6.07 Å². The zero-order valence-electron chi connectivity index (χ0n) is 14.6. The van der Waals surface area contributed by atoms with E-state index in [4.69, 9.17) is 9.72 Å².